The third-order valence-corrected chi connectivity index (χ3v) is 4.86. The Morgan fingerprint density at radius 1 is 0.867 bits per heavy atom. The highest BCUT2D eigenvalue weighted by Crippen LogP contribution is 2.54. The van der Waals surface area contributed by atoms with Crippen LogP contribution in [-0.4, -0.2) is 13.3 Å². The van der Waals surface area contributed by atoms with E-state index < -0.39 is 18.1 Å². The number of ether oxygens (including phenoxy) is 3. The van der Waals surface area contributed by atoms with Crippen LogP contribution in [0.1, 0.15) is 22.8 Å². The molecule has 30 heavy (non-hydrogen) atoms. The number of rotatable bonds is 4. The molecule has 0 amide bonds. The van der Waals surface area contributed by atoms with Crippen LogP contribution in [0.15, 0.2) is 90.7 Å². The zero-order chi connectivity index (χ0) is 21.2. The Kier molecular flexibility index (Phi) is 5.26. The van der Waals surface area contributed by atoms with Crippen LogP contribution < -0.4 is 4.74 Å². The predicted octanol–water partition coefficient (Wildman–Crippen LogP) is 6.24. The van der Waals surface area contributed by atoms with Gasteiger partial charge < -0.3 is 14.2 Å². The zero-order valence-electron chi connectivity index (χ0n) is 16.1. The minimum absolute atomic E-state index is 0.0764. The minimum atomic E-state index is -4.79. The number of alkyl halides is 3. The second kappa shape index (κ2) is 7.88. The first-order valence-corrected chi connectivity index (χ1v) is 9.32. The van der Waals surface area contributed by atoms with Crippen molar-refractivity contribution in [3.05, 3.63) is 107 Å². The van der Waals surface area contributed by atoms with Crippen LogP contribution in [0.3, 0.4) is 0 Å². The van der Waals surface area contributed by atoms with E-state index in [1.165, 1.54) is 24.3 Å². The van der Waals surface area contributed by atoms with E-state index in [2.05, 4.69) is 0 Å². The lowest BCUT2D eigenvalue weighted by Gasteiger charge is -2.30. The Balaban J connectivity index is 1.83. The summed E-state index contributed by atoms with van der Waals surface area (Å²) in [6, 6.07) is 23.1. The van der Waals surface area contributed by atoms with Gasteiger partial charge in [0, 0.05) is 5.56 Å². The highest BCUT2D eigenvalue weighted by molar-refractivity contribution is 5.55. The van der Waals surface area contributed by atoms with Gasteiger partial charge in [-0.25, -0.2) is 0 Å². The molecule has 0 N–H and O–H groups in total. The molecule has 1 saturated heterocycles. The number of halogens is 3. The van der Waals surface area contributed by atoms with Crippen molar-refractivity contribution in [1.82, 2.24) is 0 Å². The molecule has 1 fully saturated rings. The summed E-state index contributed by atoms with van der Waals surface area (Å²) in [5.41, 5.74) is 1.12. The Labute approximate surface area is 172 Å². The molecule has 3 aromatic rings. The Morgan fingerprint density at radius 2 is 1.47 bits per heavy atom. The van der Waals surface area contributed by atoms with E-state index in [1.807, 2.05) is 0 Å². The van der Waals surface area contributed by atoms with Gasteiger partial charge in [-0.15, -0.1) is 0 Å². The molecule has 0 aromatic heterocycles. The van der Waals surface area contributed by atoms with E-state index in [0.29, 0.717) is 16.9 Å². The Morgan fingerprint density at radius 3 is 2.03 bits per heavy atom. The third-order valence-electron chi connectivity index (χ3n) is 4.86. The predicted molar refractivity (Wildman–Crippen MR) is 106 cm³/mol. The van der Waals surface area contributed by atoms with Crippen molar-refractivity contribution < 1.29 is 27.4 Å². The van der Waals surface area contributed by atoms with Crippen molar-refractivity contribution in [2.24, 2.45) is 0 Å². The minimum Gasteiger partial charge on any atom is -0.497 e. The standard InChI is InChI=1S/C24H19F3O3/c1-28-20-14-12-17(13-15-20)16-21-22(18-8-4-2-5-9-18)30-23(29-21,24(25,26)27)19-10-6-3-7-11-19/h2-16,22H,1H3/b21-16-. The second-order valence-electron chi connectivity index (χ2n) is 6.81. The maximum atomic E-state index is 14.3. The van der Waals surface area contributed by atoms with Crippen molar-refractivity contribution in [3.63, 3.8) is 0 Å². The van der Waals surface area contributed by atoms with Crippen molar-refractivity contribution in [1.29, 1.82) is 0 Å². The van der Waals surface area contributed by atoms with E-state index in [-0.39, 0.29) is 11.3 Å². The highest BCUT2D eigenvalue weighted by Gasteiger charge is 2.65. The molecule has 154 valence electrons. The molecular formula is C24H19F3O3. The highest BCUT2D eigenvalue weighted by atomic mass is 19.4. The number of hydrogen-bond acceptors (Lipinski definition) is 3. The fraction of sp³-hybridized carbons (Fsp3) is 0.167. The summed E-state index contributed by atoms with van der Waals surface area (Å²) < 4.78 is 59.3. The first kappa shape index (κ1) is 20.0. The maximum Gasteiger partial charge on any atom is 0.460 e. The van der Waals surface area contributed by atoms with Crippen LogP contribution in [0.4, 0.5) is 13.2 Å². The molecule has 0 bridgehead atoms. The van der Waals surface area contributed by atoms with Gasteiger partial charge in [0.2, 0.25) is 0 Å². The van der Waals surface area contributed by atoms with Gasteiger partial charge in [-0.3, -0.25) is 0 Å². The van der Waals surface area contributed by atoms with Gasteiger partial charge in [-0.2, -0.15) is 13.2 Å². The molecule has 6 heteroatoms. The summed E-state index contributed by atoms with van der Waals surface area (Å²) >= 11 is 0. The largest absolute Gasteiger partial charge is 0.497 e. The first-order valence-electron chi connectivity index (χ1n) is 9.32. The third kappa shape index (κ3) is 3.66. The average Bonchev–Trinajstić information content (AvgIpc) is 3.16. The maximum absolute atomic E-state index is 14.3. The van der Waals surface area contributed by atoms with Crippen molar-refractivity contribution in [2.75, 3.05) is 7.11 Å². The van der Waals surface area contributed by atoms with Gasteiger partial charge in [0.25, 0.3) is 0 Å². The molecular weight excluding hydrogens is 393 g/mol. The van der Waals surface area contributed by atoms with E-state index in [0.717, 1.165) is 0 Å². The molecule has 1 aliphatic rings. The van der Waals surface area contributed by atoms with Crippen LogP contribution in [0.25, 0.3) is 6.08 Å². The lowest BCUT2D eigenvalue weighted by Crippen LogP contribution is -2.43. The molecule has 1 heterocycles. The topological polar surface area (TPSA) is 27.7 Å². The quantitative estimate of drug-likeness (QED) is 0.508. The van der Waals surface area contributed by atoms with Gasteiger partial charge in [-0.05, 0) is 29.3 Å². The molecule has 0 aliphatic carbocycles. The van der Waals surface area contributed by atoms with Crippen LogP contribution in [0, 0.1) is 0 Å². The van der Waals surface area contributed by atoms with Gasteiger partial charge in [0.15, 0.2) is 0 Å². The summed E-state index contributed by atoms with van der Waals surface area (Å²) in [6.45, 7) is 0. The van der Waals surface area contributed by atoms with E-state index >= 15 is 0 Å². The number of hydrogen-bond donors (Lipinski definition) is 0. The summed E-state index contributed by atoms with van der Waals surface area (Å²) in [7, 11) is 1.55. The summed E-state index contributed by atoms with van der Waals surface area (Å²) in [5, 5.41) is 0. The average molecular weight is 412 g/mol. The van der Waals surface area contributed by atoms with Crippen LogP contribution in [-0.2, 0) is 15.3 Å². The lowest BCUT2D eigenvalue weighted by molar-refractivity contribution is -0.354. The SMILES string of the molecule is COc1ccc(/C=C2\OC(c3ccccc3)(C(F)(F)F)OC2c2ccccc2)cc1. The molecule has 4 rings (SSSR count). The molecule has 2 atom stereocenters. The summed E-state index contributed by atoms with van der Waals surface area (Å²) in [4.78, 5) is 0. The Bertz CT molecular complexity index is 1020. The molecule has 3 nitrogen and oxygen atoms in total. The smallest absolute Gasteiger partial charge is 0.460 e. The normalized spacial score (nSPS) is 22.7. The fourth-order valence-electron chi connectivity index (χ4n) is 3.37. The lowest BCUT2D eigenvalue weighted by atomic mass is 10.0. The van der Waals surface area contributed by atoms with Crippen LogP contribution in [0.2, 0.25) is 0 Å². The number of benzene rings is 3. The van der Waals surface area contributed by atoms with Gasteiger partial charge in [0.05, 0.1) is 7.11 Å². The molecule has 3 aromatic carbocycles. The van der Waals surface area contributed by atoms with Gasteiger partial charge in [-0.1, -0.05) is 72.8 Å². The molecule has 1 aliphatic heterocycles. The van der Waals surface area contributed by atoms with Crippen LogP contribution in [0.5, 0.6) is 5.75 Å². The monoisotopic (exact) mass is 412 g/mol. The van der Waals surface area contributed by atoms with Crippen molar-refractivity contribution in [2.45, 2.75) is 18.1 Å². The van der Waals surface area contributed by atoms with Gasteiger partial charge >= 0.3 is 12.0 Å². The zero-order valence-corrected chi connectivity index (χ0v) is 16.1. The van der Waals surface area contributed by atoms with E-state index in [1.54, 1.807) is 73.8 Å². The molecule has 0 spiro atoms. The van der Waals surface area contributed by atoms with E-state index in [9.17, 15) is 13.2 Å². The second-order valence-corrected chi connectivity index (χ2v) is 6.81. The fourth-order valence-corrected chi connectivity index (χ4v) is 3.37. The van der Waals surface area contributed by atoms with E-state index in [4.69, 9.17) is 14.2 Å². The van der Waals surface area contributed by atoms with Crippen LogP contribution >= 0.6 is 0 Å². The van der Waals surface area contributed by atoms with Crippen molar-refractivity contribution >= 4 is 6.08 Å². The van der Waals surface area contributed by atoms with Crippen molar-refractivity contribution in [3.8, 4) is 5.75 Å². The molecule has 2 unspecified atom stereocenters. The summed E-state index contributed by atoms with van der Waals surface area (Å²) in [5.74, 6) is -2.17. The molecule has 0 radical (unpaired) electrons. The van der Waals surface area contributed by atoms with Gasteiger partial charge in [0.1, 0.15) is 17.6 Å². The molecule has 0 saturated carbocycles. The number of methoxy groups -OCH3 is 1. The first-order chi connectivity index (χ1) is 14.4. The Hall–Kier alpha value is -3.25. The summed E-state index contributed by atoms with van der Waals surface area (Å²) in [6.07, 6.45) is -4.25.